The van der Waals surface area contributed by atoms with Gasteiger partial charge in [-0.1, -0.05) is 0 Å². The molecular weight excluding hydrogens is 251 g/mol. The predicted octanol–water partition coefficient (Wildman–Crippen LogP) is 1.31. The van der Waals surface area contributed by atoms with Crippen LogP contribution in [-0.4, -0.2) is 48.4 Å². The highest BCUT2D eigenvalue weighted by atomic mass is 19.4. The lowest BCUT2D eigenvalue weighted by Crippen LogP contribution is -2.32. The number of halogens is 3. The number of hydrogen-bond acceptors (Lipinski definition) is 6. The van der Waals surface area contributed by atoms with Gasteiger partial charge in [0, 0.05) is 14.1 Å². The Morgan fingerprint density at radius 3 is 2.44 bits per heavy atom. The smallest absolute Gasteiger partial charge is 0.406 e. The quantitative estimate of drug-likeness (QED) is 0.866. The van der Waals surface area contributed by atoms with Crippen molar-refractivity contribution in [3.8, 4) is 6.01 Å². The van der Waals surface area contributed by atoms with Gasteiger partial charge in [-0.3, -0.25) is 0 Å². The summed E-state index contributed by atoms with van der Waals surface area (Å²) in [5.41, 5.74) is 0. The molecule has 0 aliphatic carbocycles. The Balaban J connectivity index is 2.96. The molecule has 0 saturated carbocycles. The largest absolute Gasteiger partial charge is 0.464 e. The molecule has 1 heterocycles. The molecule has 0 unspecified atom stereocenters. The molecule has 0 aliphatic heterocycles. The molecule has 0 amide bonds. The fourth-order valence-electron chi connectivity index (χ4n) is 1.16. The third-order valence-corrected chi connectivity index (χ3v) is 1.86. The van der Waals surface area contributed by atoms with Crippen molar-refractivity contribution in [2.75, 3.05) is 37.5 Å². The van der Waals surface area contributed by atoms with E-state index in [0.29, 0.717) is 6.61 Å². The molecule has 1 N–H and O–H groups in total. The molecule has 0 aromatic carbocycles. The number of nitrogens with zero attached hydrogens (tertiary/aromatic N) is 4. The summed E-state index contributed by atoms with van der Waals surface area (Å²) in [5.74, 6) is 0.0487. The van der Waals surface area contributed by atoms with Gasteiger partial charge in [0.05, 0.1) is 6.61 Å². The van der Waals surface area contributed by atoms with Crippen molar-refractivity contribution in [1.82, 2.24) is 15.0 Å². The fraction of sp³-hybridized carbons (Fsp3) is 0.667. The topological polar surface area (TPSA) is 63.2 Å². The molecular formula is C9H14F3N5O. The van der Waals surface area contributed by atoms with Crippen molar-refractivity contribution >= 4 is 11.9 Å². The average Bonchev–Trinajstić information content (AvgIpc) is 2.26. The van der Waals surface area contributed by atoms with E-state index in [0.717, 1.165) is 4.90 Å². The number of ether oxygens (including phenoxy) is 1. The van der Waals surface area contributed by atoms with E-state index in [1.807, 2.05) is 0 Å². The van der Waals surface area contributed by atoms with Crippen LogP contribution in [-0.2, 0) is 0 Å². The Morgan fingerprint density at radius 1 is 1.28 bits per heavy atom. The second kappa shape index (κ2) is 5.69. The fourth-order valence-corrected chi connectivity index (χ4v) is 1.16. The third-order valence-electron chi connectivity index (χ3n) is 1.86. The Hall–Kier alpha value is -1.80. The molecule has 0 spiro atoms. The van der Waals surface area contributed by atoms with Crippen LogP contribution in [0.15, 0.2) is 0 Å². The first kappa shape index (κ1) is 14.3. The van der Waals surface area contributed by atoms with Gasteiger partial charge in [0.1, 0.15) is 6.54 Å². The molecule has 0 radical (unpaired) electrons. The van der Waals surface area contributed by atoms with Gasteiger partial charge in [-0.2, -0.15) is 28.1 Å². The van der Waals surface area contributed by atoms with E-state index >= 15 is 0 Å². The highest BCUT2D eigenvalue weighted by molar-refractivity contribution is 5.37. The molecule has 0 saturated heterocycles. The van der Waals surface area contributed by atoms with Gasteiger partial charge in [0.25, 0.3) is 0 Å². The van der Waals surface area contributed by atoms with Crippen molar-refractivity contribution in [2.24, 2.45) is 0 Å². The monoisotopic (exact) mass is 265 g/mol. The summed E-state index contributed by atoms with van der Waals surface area (Å²) in [7, 11) is 2.80. The SMILES string of the molecule is CCOc1nc(NC)nc(N(C)CC(F)(F)F)n1. The van der Waals surface area contributed by atoms with E-state index < -0.39 is 12.7 Å². The highest BCUT2D eigenvalue weighted by Crippen LogP contribution is 2.20. The van der Waals surface area contributed by atoms with Crippen molar-refractivity contribution in [1.29, 1.82) is 0 Å². The Labute approximate surface area is 102 Å². The number of rotatable bonds is 5. The van der Waals surface area contributed by atoms with Crippen LogP contribution in [0.3, 0.4) is 0 Å². The summed E-state index contributed by atoms with van der Waals surface area (Å²) in [6.07, 6.45) is -4.33. The van der Waals surface area contributed by atoms with Gasteiger partial charge >= 0.3 is 12.2 Å². The maximum atomic E-state index is 12.3. The van der Waals surface area contributed by atoms with Crippen LogP contribution in [0.2, 0.25) is 0 Å². The lowest BCUT2D eigenvalue weighted by Gasteiger charge is -2.19. The van der Waals surface area contributed by atoms with Crippen LogP contribution in [0.5, 0.6) is 6.01 Å². The van der Waals surface area contributed by atoms with E-state index in [-0.39, 0.29) is 17.9 Å². The first-order chi connectivity index (χ1) is 8.35. The summed E-state index contributed by atoms with van der Waals surface area (Å²) in [6.45, 7) is 0.892. The molecule has 0 bridgehead atoms. The number of anilines is 2. The summed E-state index contributed by atoms with van der Waals surface area (Å²) in [6, 6.07) is -0.0131. The molecule has 0 aliphatic rings. The second-order valence-corrected chi connectivity index (χ2v) is 3.40. The first-order valence-electron chi connectivity index (χ1n) is 5.20. The van der Waals surface area contributed by atoms with Gasteiger partial charge in [-0.05, 0) is 6.92 Å². The maximum absolute atomic E-state index is 12.3. The van der Waals surface area contributed by atoms with Crippen molar-refractivity contribution in [3.63, 3.8) is 0 Å². The number of hydrogen-bond donors (Lipinski definition) is 1. The molecule has 1 aromatic heterocycles. The molecule has 6 nitrogen and oxygen atoms in total. The van der Waals surface area contributed by atoms with E-state index in [1.54, 1.807) is 14.0 Å². The van der Waals surface area contributed by atoms with Gasteiger partial charge in [0.15, 0.2) is 0 Å². The second-order valence-electron chi connectivity index (χ2n) is 3.40. The van der Waals surface area contributed by atoms with Crippen molar-refractivity contribution in [2.45, 2.75) is 13.1 Å². The molecule has 0 fully saturated rings. The van der Waals surface area contributed by atoms with Crippen LogP contribution in [0, 0.1) is 0 Å². The van der Waals surface area contributed by atoms with Gasteiger partial charge in [-0.25, -0.2) is 0 Å². The van der Waals surface area contributed by atoms with E-state index in [4.69, 9.17) is 4.74 Å². The maximum Gasteiger partial charge on any atom is 0.406 e. The van der Waals surface area contributed by atoms with Crippen LogP contribution >= 0.6 is 0 Å². The predicted molar refractivity (Wildman–Crippen MR) is 59.9 cm³/mol. The standard InChI is InChI=1S/C9H14F3N5O/c1-4-18-8-15-6(13-2)14-7(16-8)17(3)5-9(10,11)12/h4-5H2,1-3H3,(H,13,14,15,16). The molecule has 102 valence electrons. The third kappa shape index (κ3) is 4.22. The number of nitrogens with one attached hydrogen (secondary N) is 1. The molecule has 1 rings (SSSR count). The van der Waals surface area contributed by atoms with Gasteiger partial charge in [0.2, 0.25) is 11.9 Å². The summed E-state index contributed by atoms with van der Waals surface area (Å²) < 4.78 is 41.8. The van der Waals surface area contributed by atoms with Crippen LogP contribution in [0.4, 0.5) is 25.1 Å². The summed E-state index contributed by atoms with van der Waals surface area (Å²) in [4.78, 5) is 12.4. The van der Waals surface area contributed by atoms with E-state index in [2.05, 4.69) is 20.3 Å². The zero-order chi connectivity index (χ0) is 13.8. The minimum atomic E-state index is -4.33. The summed E-state index contributed by atoms with van der Waals surface area (Å²) in [5, 5.41) is 2.63. The number of alkyl halides is 3. The minimum absolute atomic E-state index is 0.0131. The van der Waals surface area contributed by atoms with Crippen LogP contribution in [0.25, 0.3) is 0 Å². The normalized spacial score (nSPS) is 11.2. The van der Waals surface area contributed by atoms with E-state index in [1.165, 1.54) is 7.05 Å². The Kier molecular flexibility index (Phi) is 4.51. The Morgan fingerprint density at radius 2 is 1.94 bits per heavy atom. The minimum Gasteiger partial charge on any atom is -0.464 e. The lowest BCUT2D eigenvalue weighted by molar-refractivity contribution is -0.119. The first-order valence-corrected chi connectivity index (χ1v) is 5.20. The molecule has 9 heteroatoms. The van der Waals surface area contributed by atoms with Gasteiger partial charge in [-0.15, -0.1) is 0 Å². The zero-order valence-electron chi connectivity index (χ0n) is 10.2. The average molecular weight is 265 g/mol. The van der Waals surface area contributed by atoms with Crippen molar-refractivity contribution < 1.29 is 17.9 Å². The Bertz CT molecular complexity index is 398. The van der Waals surface area contributed by atoms with Crippen LogP contribution in [0.1, 0.15) is 6.92 Å². The summed E-state index contributed by atoms with van der Waals surface area (Å²) >= 11 is 0. The lowest BCUT2D eigenvalue weighted by atomic mass is 10.5. The van der Waals surface area contributed by atoms with E-state index in [9.17, 15) is 13.2 Å². The number of aromatic nitrogens is 3. The van der Waals surface area contributed by atoms with Crippen LogP contribution < -0.4 is 15.0 Å². The molecule has 0 atom stereocenters. The highest BCUT2D eigenvalue weighted by Gasteiger charge is 2.30. The van der Waals surface area contributed by atoms with Crippen molar-refractivity contribution in [3.05, 3.63) is 0 Å². The molecule has 18 heavy (non-hydrogen) atoms. The molecule has 1 aromatic rings. The van der Waals surface area contributed by atoms with Gasteiger partial charge < -0.3 is 15.0 Å². The zero-order valence-corrected chi connectivity index (χ0v) is 10.2.